The van der Waals surface area contributed by atoms with Gasteiger partial charge in [-0.2, -0.15) is 0 Å². The van der Waals surface area contributed by atoms with Gasteiger partial charge in [-0.05, 0) is 43.4 Å². The third kappa shape index (κ3) is 3.01. The molecule has 2 N–H and O–H groups in total. The monoisotopic (exact) mass is 232 g/mol. The summed E-state index contributed by atoms with van der Waals surface area (Å²) in [5.41, 5.74) is 8.45. The molecule has 0 bridgehead atoms. The highest BCUT2D eigenvalue weighted by Crippen LogP contribution is 2.25. The molecule has 94 valence electrons. The zero-order chi connectivity index (χ0) is 12.3. The van der Waals surface area contributed by atoms with Crippen molar-refractivity contribution >= 4 is 5.69 Å². The summed E-state index contributed by atoms with van der Waals surface area (Å²) in [5.74, 6) is 0.872. The summed E-state index contributed by atoms with van der Waals surface area (Å²) in [4.78, 5) is 2.52. The Morgan fingerprint density at radius 2 is 2.06 bits per heavy atom. The van der Waals surface area contributed by atoms with Crippen LogP contribution in [0, 0.1) is 5.92 Å². The molecule has 2 heteroatoms. The molecular weight excluding hydrogens is 208 g/mol. The molecule has 0 radical (unpaired) electrons. The van der Waals surface area contributed by atoms with Gasteiger partial charge in [-0.1, -0.05) is 25.5 Å². The van der Waals surface area contributed by atoms with Crippen LogP contribution in [0.2, 0.25) is 0 Å². The first kappa shape index (κ1) is 12.4. The molecule has 17 heavy (non-hydrogen) atoms. The first-order chi connectivity index (χ1) is 8.20. The van der Waals surface area contributed by atoms with Crippen molar-refractivity contribution in [3.8, 4) is 0 Å². The smallest absolute Gasteiger partial charge is 0.0366 e. The van der Waals surface area contributed by atoms with Gasteiger partial charge in [0, 0.05) is 24.8 Å². The lowest BCUT2D eigenvalue weighted by Gasteiger charge is -2.34. The minimum Gasteiger partial charge on any atom is -0.371 e. The Labute approximate surface area is 105 Å². The van der Waals surface area contributed by atoms with E-state index in [2.05, 4.69) is 36.1 Å². The van der Waals surface area contributed by atoms with Crippen LogP contribution >= 0.6 is 0 Å². The average molecular weight is 232 g/mol. The molecule has 1 aliphatic heterocycles. The van der Waals surface area contributed by atoms with Crippen LogP contribution in [0.5, 0.6) is 0 Å². The van der Waals surface area contributed by atoms with Crippen LogP contribution in [0.4, 0.5) is 5.69 Å². The summed E-state index contributed by atoms with van der Waals surface area (Å²) in [6.07, 6.45) is 4.02. The van der Waals surface area contributed by atoms with Gasteiger partial charge < -0.3 is 10.6 Å². The Bertz CT molecular complexity index is 342. The Kier molecular flexibility index (Phi) is 4.06. The molecule has 2 atom stereocenters. The van der Waals surface area contributed by atoms with E-state index in [1.807, 2.05) is 6.92 Å². The second-order valence-electron chi connectivity index (χ2n) is 5.24. The molecule has 1 aromatic rings. The van der Waals surface area contributed by atoms with Crippen LogP contribution in [-0.2, 0) is 0 Å². The summed E-state index contributed by atoms with van der Waals surface area (Å²) < 4.78 is 0. The maximum Gasteiger partial charge on any atom is 0.0366 e. The lowest BCUT2D eigenvalue weighted by Crippen LogP contribution is -2.35. The third-order valence-corrected chi connectivity index (χ3v) is 3.88. The molecule has 0 spiro atoms. The number of anilines is 1. The molecule has 2 nitrogen and oxygen atoms in total. The van der Waals surface area contributed by atoms with Crippen molar-refractivity contribution in [2.24, 2.45) is 11.7 Å². The molecule has 0 aromatic heterocycles. The van der Waals surface area contributed by atoms with E-state index in [9.17, 15) is 0 Å². The number of piperidine rings is 1. The van der Waals surface area contributed by atoms with Gasteiger partial charge >= 0.3 is 0 Å². The molecule has 1 aromatic carbocycles. The predicted octanol–water partition coefficient (Wildman–Crippen LogP) is 3.33. The maximum absolute atomic E-state index is 5.87. The molecule has 1 aliphatic rings. The van der Waals surface area contributed by atoms with Crippen LogP contribution in [-0.4, -0.2) is 13.1 Å². The lowest BCUT2D eigenvalue weighted by atomic mass is 9.95. The predicted molar refractivity (Wildman–Crippen MR) is 74.3 cm³/mol. The first-order valence-electron chi connectivity index (χ1n) is 6.81. The molecule has 1 unspecified atom stereocenters. The highest BCUT2D eigenvalue weighted by atomic mass is 15.1. The molecule has 1 heterocycles. The van der Waals surface area contributed by atoms with E-state index in [1.54, 1.807) is 0 Å². The standard InChI is InChI=1S/C15H24N2/c1-3-13-5-4-10-17(11-13)15-8-6-14(7-9-15)12(2)16/h6-9,12-13H,3-5,10-11,16H2,1-2H3/t12-,13?/m1/s1. The molecular formula is C15H24N2. The summed E-state index contributed by atoms with van der Waals surface area (Å²) in [6.45, 7) is 6.75. The van der Waals surface area contributed by atoms with Gasteiger partial charge in [0.2, 0.25) is 0 Å². The Balaban J connectivity index is 2.06. The van der Waals surface area contributed by atoms with Crippen LogP contribution < -0.4 is 10.6 Å². The van der Waals surface area contributed by atoms with E-state index in [0.29, 0.717) is 0 Å². The van der Waals surface area contributed by atoms with Crippen molar-refractivity contribution in [3.05, 3.63) is 29.8 Å². The van der Waals surface area contributed by atoms with Gasteiger partial charge in [-0.25, -0.2) is 0 Å². The van der Waals surface area contributed by atoms with Crippen LogP contribution in [0.3, 0.4) is 0 Å². The number of nitrogens with two attached hydrogens (primary N) is 1. The average Bonchev–Trinajstić information content (AvgIpc) is 2.39. The Morgan fingerprint density at radius 1 is 1.35 bits per heavy atom. The van der Waals surface area contributed by atoms with Gasteiger partial charge in [-0.15, -0.1) is 0 Å². The van der Waals surface area contributed by atoms with Crippen LogP contribution in [0.25, 0.3) is 0 Å². The molecule has 0 amide bonds. The van der Waals surface area contributed by atoms with Crippen molar-refractivity contribution in [1.29, 1.82) is 0 Å². The Morgan fingerprint density at radius 3 is 2.65 bits per heavy atom. The number of nitrogens with zero attached hydrogens (tertiary/aromatic N) is 1. The second kappa shape index (κ2) is 5.54. The lowest BCUT2D eigenvalue weighted by molar-refractivity contribution is 0.405. The highest BCUT2D eigenvalue weighted by molar-refractivity contribution is 5.48. The van der Waals surface area contributed by atoms with Gasteiger partial charge in [-0.3, -0.25) is 0 Å². The number of rotatable bonds is 3. The molecule has 2 rings (SSSR count). The number of hydrogen-bond acceptors (Lipinski definition) is 2. The highest BCUT2D eigenvalue weighted by Gasteiger charge is 2.18. The molecule has 1 saturated heterocycles. The van der Waals surface area contributed by atoms with Gasteiger partial charge in [0.1, 0.15) is 0 Å². The van der Waals surface area contributed by atoms with Gasteiger partial charge in [0.05, 0.1) is 0 Å². The van der Waals surface area contributed by atoms with Crippen LogP contribution in [0.1, 0.15) is 44.7 Å². The minimum absolute atomic E-state index is 0.133. The number of hydrogen-bond donors (Lipinski definition) is 1. The first-order valence-corrected chi connectivity index (χ1v) is 6.81. The van der Waals surface area contributed by atoms with Crippen molar-refractivity contribution < 1.29 is 0 Å². The fourth-order valence-corrected chi connectivity index (χ4v) is 2.62. The SMILES string of the molecule is CCC1CCCN(c2ccc([C@@H](C)N)cc2)C1. The van der Waals surface area contributed by atoms with E-state index in [1.165, 1.54) is 43.6 Å². The zero-order valence-electron chi connectivity index (χ0n) is 11.0. The Hall–Kier alpha value is -1.02. The molecule has 0 saturated carbocycles. The molecule has 1 fully saturated rings. The van der Waals surface area contributed by atoms with Gasteiger partial charge in [0.15, 0.2) is 0 Å². The fraction of sp³-hybridized carbons (Fsp3) is 0.600. The number of benzene rings is 1. The van der Waals surface area contributed by atoms with Crippen molar-refractivity contribution in [1.82, 2.24) is 0 Å². The summed E-state index contributed by atoms with van der Waals surface area (Å²) >= 11 is 0. The van der Waals surface area contributed by atoms with E-state index in [0.717, 1.165) is 5.92 Å². The van der Waals surface area contributed by atoms with E-state index < -0.39 is 0 Å². The topological polar surface area (TPSA) is 29.3 Å². The minimum atomic E-state index is 0.133. The normalized spacial score (nSPS) is 22.5. The summed E-state index contributed by atoms with van der Waals surface area (Å²) in [6, 6.07) is 8.90. The maximum atomic E-state index is 5.87. The molecule has 0 aliphatic carbocycles. The van der Waals surface area contributed by atoms with Crippen molar-refractivity contribution in [2.75, 3.05) is 18.0 Å². The third-order valence-electron chi connectivity index (χ3n) is 3.88. The fourth-order valence-electron chi connectivity index (χ4n) is 2.62. The van der Waals surface area contributed by atoms with Crippen molar-refractivity contribution in [3.63, 3.8) is 0 Å². The van der Waals surface area contributed by atoms with E-state index >= 15 is 0 Å². The van der Waals surface area contributed by atoms with Crippen molar-refractivity contribution in [2.45, 2.75) is 39.2 Å². The van der Waals surface area contributed by atoms with Gasteiger partial charge in [0.25, 0.3) is 0 Å². The zero-order valence-corrected chi connectivity index (χ0v) is 11.0. The van der Waals surface area contributed by atoms with E-state index in [4.69, 9.17) is 5.73 Å². The second-order valence-corrected chi connectivity index (χ2v) is 5.24. The van der Waals surface area contributed by atoms with E-state index in [-0.39, 0.29) is 6.04 Å². The quantitative estimate of drug-likeness (QED) is 0.866. The summed E-state index contributed by atoms with van der Waals surface area (Å²) in [5, 5.41) is 0. The largest absolute Gasteiger partial charge is 0.371 e. The van der Waals surface area contributed by atoms with Crippen LogP contribution in [0.15, 0.2) is 24.3 Å². The summed E-state index contributed by atoms with van der Waals surface area (Å²) in [7, 11) is 0.